The van der Waals surface area contributed by atoms with Gasteiger partial charge in [0.15, 0.2) is 0 Å². The van der Waals surface area contributed by atoms with Crippen molar-refractivity contribution in [3.05, 3.63) is 42.2 Å². The van der Waals surface area contributed by atoms with Gasteiger partial charge in [-0.05, 0) is 24.3 Å². The summed E-state index contributed by atoms with van der Waals surface area (Å²) in [6.07, 6.45) is 2.98. The number of morpholine rings is 1. The van der Waals surface area contributed by atoms with Crippen LogP contribution in [-0.4, -0.2) is 66.1 Å². The lowest BCUT2D eigenvalue weighted by Crippen LogP contribution is -2.41. The molecule has 1 aromatic heterocycles. The number of nitrogens with one attached hydrogen (secondary N) is 3. The van der Waals surface area contributed by atoms with Crippen molar-refractivity contribution in [2.45, 2.75) is 6.92 Å². The van der Waals surface area contributed by atoms with Crippen LogP contribution in [0.4, 0.5) is 17.3 Å². The fraction of sp³-hybridized carbons (Fsp3) is 0.368. The zero-order valence-electron chi connectivity index (χ0n) is 15.8. The van der Waals surface area contributed by atoms with Crippen LogP contribution in [0, 0.1) is 0 Å². The summed E-state index contributed by atoms with van der Waals surface area (Å²) in [4.78, 5) is 33.9. The smallest absolute Gasteiger partial charge is 0.254 e. The summed E-state index contributed by atoms with van der Waals surface area (Å²) in [7, 11) is 0. The predicted octanol–water partition coefficient (Wildman–Crippen LogP) is 1.24. The number of aromatic nitrogens is 2. The highest BCUT2D eigenvalue weighted by Crippen LogP contribution is 2.16. The van der Waals surface area contributed by atoms with Gasteiger partial charge in [-0.25, -0.2) is 9.97 Å². The molecule has 3 N–H and O–H groups in total. The normalized spacial score (nSPS) is 14.3. The van der Waals surface area contributed by atoms with E-state index in [1.165, 1.54) is 19.3 Å². The minimum absolute atomic E-state index is 0.122. The maximum atomic E-state index is 12.2. The molecule has 1 aliphatic heterocycles. The Morgan fingerprint density at radius 2 is 1.71 bits per heavy atom. The molecule has 1 saturated heterocycles. The van der Waals surface area contributed by atoms with Gasteiger partial charge in [-0.2, -0.15) is 0 Å². The van der Waals surface area contributed by atoms with Crippen molar-refractivity contribution >= 4 is 29.1 Å². The van der Waals surface area contributed by atoms with E-state index < -0.39 is 0 Å². The molecule has 0 saturated carbocycles. The topological polar surface area (TPSA) is 108 Å². The molecule has 1 aromatic carbocycles. The van der Waals surface area contributed by atoms with Crippen LogP contribution in [0.1, 0.15) is 17.3 Å². The van der Waals surface area contributed by atoms with Crippen LogP contribution in [0.3, 0.4) is 0 Å². The molecule has 0 bridgehead atoms. The van der Waals surface area contributed by atoms with Gasteiger partial charge in [0.25, 0.3) is 5.91 Å². The Bertz CT molecular complexity index is 788. The van der Waals surface area contributed by atoms with Crippen molar-refractivity contribution in [3.63, 3.8) is 0 Å². The highest BCUT2D eigenvalue weighted by Gasteiger charge is 2.11. The van der Waals surface area contributed by atoms with Gasteiger partial charge in [-0.15, -0.1) is 0 Å². The molecule has 1 aliphatic rings. The summed E-state index contributed by atoms with van der Waals surface area (Å²) in [5.41, 5.74) is 1.90. The number of hydrogen-bond donors (Lipinski definition) is 3. The molecule has 2 aromatic rings. The Morgan fingerprint density at radius 1 is 1.07 bits per heavy atom. The monoisotopic (exact) mass is 384 g/mol. The fourth-order valence-electron chi connectivity index (χ4n) is 2.73. The lowest BCUT2D eigenvalue weighted by molar-refractivity contribution is -0.114. The van der Waals surface area contributed by atoms with Crippen molar-refractivity contribution < 1.29 is 14.3 Å². The maximum absolute atomic E-state index is 12.2. The zero-order valence-corrected chi connectivity index (χ0v) is 15.8. The number of rotatable bonds is 7. The fourth-order valence-corrected chi connectivity index (χ4v) is 2.73. The summed E-state index contributed by atoms with van der Waals surface area (Å²) in [5.74, 6) is 0.0690. The lowest BCUT2D eigenvalue weighted by Gasteiger charge is -2.26. The summed E-state index contributed by atoms with van der Waals surface area (Å²) in [5, 5.41) is 8.63. The quantitative estimate of drug-likeness (QED) is 0.659. The minimum Gasteiger partial charge on any atom is -0.379 e. The van der Waals surface area contributed by atoms with Crippen LogP contribution in [0.25, 0.3) is 0 Å². The largest absolute Gasteiger partial charge is 0.379 e. The van der Waals surface area contributed by atoms with Crippen LogP contribution in [0.5, 0.6) is 0 Å². The van der Waals surface area contributed by atoms with Crippen molar-refractivity contribution in [1.82, 2.24) is 20.2 Å². The Labute approximate surface area is 163 Å². The number of amides is 2. The molecule has 0 radical (unpaired) electrons. The van der Waals surface area contributed by atoms with Crippen LogP contribution in [0.2, 0.25) is 0 Å². The van der Waals surface area contributed by atoms with Crippen molar-refractivity contribution in [3.8, 4) is 0 Å². The van der Waals surface area contributed by atoms with Gasteiger partial charge in [0.1, 0.15) is 0 Å². The second-order valence-electron chi connectivity index (χ2n) is 6.39. The van der Waals surface area contributed by atoms with Crippen molar-refractivity contribution in [2.75, 3.05) is 50.0 Å². The SMILES string of the molecule is CC(=O)Nc1ccc(Nc2ncc(C(=O)NCCN3CCOCC3)cn2)cc1. The van der Waals surface area contributed by atoms with E-state index in [1.807, 2.05) is 0 Å². The van der Waals surface area contributed by atoms with E-state index >= 15 is 0 Å². The van der Waals surface area contributed by atoms with Crippen molar-refractivity contribution in [2.24, 2.45) is 0 Å². The van der Waals surface area contributed by atoms with Gasteiger partial charge < -0.3 is 20.7 Å². The van der Waals surface area contributed by atoms with Gasteiger partial charge in [0.05, 0.1) is 18.8 Å². The average Bonchev–Trinajstić information content (AvgIpc) is 2.70. The molecular weight excluding hydrogens is 360 g/mol. The Hall–Kier alpha value is -3.04. The molecular formula is C19H24N6O3. The minimum atomic E-state index is -0.195. The number of anilines is 3. The molecule has 0 spiro atoms. The van der Waals surface area contributed by atoms with Gasteiger partial charge in [0.2, 0.25) is 11.9 Å². The third-order valence-electron chi connectivity index (χ3n) is 4.19. The molecule has 148 valence electrons. The number of ether oxygens (including phenoxy) is 1. The summed E-state index contributed by atoms with van der Waals surface area (Å²) < 4.78 is 5.30. The maximum Gasteiger partial charge on any atom is 0.254 e. The van der Waals surface area contributed by atoms with Gasteiger partial charge in [-0.3, -0.25) is 14.5 Å². The third-order valence-corrected chi connectivity index (χ3v) is 4.19. The second kappa shape index (κ2) is 9.77. The molecule has 0 atom stereocenters. The number of carbonyl (C=O) groups excluding carboxylic acids is 2. The van der Waals surface area contributed by atoms with E-state index in [9.17, 15) is 9.59 Å². The lowest BCUT2D eigenvalue weighted by atomic mass is 10.3. The molecule has 0 aliphatic carbocycles. The highest BCUT2D eigenvalue weighted by atomic mass is 16.5. The zero-order chi connectivity index (χ0) is 19.8. The summed E-state index contributed by atoms with van der Waals surface area (Å²) >= 11 is 0. The summed E-state index contributed by atoms with van der Waals surface area (Å²) in [6.45, 7) is 6.10. The number of carbonyl (C=O) groups is 2. The summed E-state index contributed by atoms with van der Waals surface area (Å²) in [6, 6.07) is 7.17. The first-order valence-corrected chi connectivity index (χ1v) is 9.15. The molecule has 2 heterocycles. The molecule has 28 heavy (non-hydrogen) atoms. The molecule has 1 fully saturated rings. The molecule has 2 amide bonds. The van der Waals surface area contributed by atoms with Crippen molar-refractivity contribution in [1.29, 1.82) is 0 Å². The van der Waals surface area contributed by atoms with E-state index in [0.29, 0.717) is 23.7 Å². The Morgan fingerprint density at radius 3 is 2.36 bits per heavy atom. The first kappa shape index (κ1) is 19.7. The number of hydrogen-bond acceptors (Lipinski definition) is 7. The van der Waals surface area contributed by atoms with Gasteiger partial charge >= 0.3 is 0 Å². The highest BCUT2D eigenvalue weighted by molar-refractivity contribution is 5.93. The Kier molecular flexibility index (Phi) is 6.88. The van der Waals surface area contributed by atoms with Crippen LogP contribution in [-0.2, 0) is 9.53 Å². The molecule has 9 nitrogen and oxygen atoms in total. The third kappa shape index (κ3) is 6.00. The van der Waals surface area contributed by atoms with Crippen LogP contribution < -0.4 is 16.0 Å². The van der Waals surface area contributed by atoms with Crippen LogP contribution >= 0.6 is 0 Å². The molecule has 9 heteroatoms. The number of benzene rings is 1. The predicted molar refractivity (Wildman–Crippen MR) is 106 cm³/mol. The van der Waals surface area contributed by atoms with E-state index in [1.54, 1.807) is 24.3 Å². The first-order chi connectivity index (χ1) is 13.6. The van der Waals surface area contributed by atoms with E-state index in [0.717, 1.165) is 38.5 Å². The van der Waals surface area contributed by atoms with Crippen LogP contribution in [0.15, 0.2) is 36.7 Å². The molecule has 0 unspecified atom stereocenters. The van der Waals surface area contributed by atoms with Gasteiger partial charge in [0, 0.05) is 56.9 Å². The van der Waals surface area contributed by atoms with E-state index in [2.05, 4.69) is 30.8 Å². The molecule has 3 rings (SSSR count). The standard InChI is InChI=1S/C19H24N6O3/c1-14(26)23-16-2-4-17(5-3-16)24-19-21-12-15(13-22-19)18(27)20-6-7-25-8-10-28-11-9-25/h2-5,12-13H,6-11H2,1H3,(H,20,27)(H,23,26)(H,21,22,24). The van der Waals surface area contributed by atoms with E-state index in [4.69, 9.17) is 4.74 Å². The second-order valence-corrected chi connectivity index (χ2v) is 6.39. The van der Waals surface area contributed by atoms with Gasteiger partial charge in [-0.1, -0.05) is 0 Å². The first-order valence-electron chi connectivity index (χ1n) is 9.15. The van der Waals surface area contributed by atoms with E-state index in [-0.39, 0.29) is 11.8 Å². The average molecular weight is 384 g/mol. The number of nitrogens with zero attached hydrogens (tertiary/aromatic N) is 3. The Balaban J connectivity index is 1.47.